The molecule has 3 aromatic heterocycles. The molecule has 43 heavy (non-hydrogen) atoms. The molecule has 7 rings (SSSR count). The number of aryl methyl sites for hydroxylation is 4. The molecule has 0 radical (unpaired) electrons. The Morgan fingerprint density at radius 3 is 2.19 bits per heavy atom. The first kappa shape index (κ1) is 26.7. The Kier molecular flexibility index (Phi) is 6.39. The number of hydrogen-bond acceptors (Lipinski definition) is 3. The van der Waals surface area contributed by atoms with E-state index in [4.69, 9.17) is 14.8 Å². The Morgan fingerprint density at radius 1 is 0.651 bits per heavy atom. The van der Waals surface area contributed by atoms with Crippen molar-refractivity contribution in [2.75, 3.05) is 0 Å². The quantitative estimate of drug-likeness (QED) is 0.210. The summed E-state index contributed by atoms with van der Waals surface area (Å²) in [6, 6.07) is 31.6. The van der Waals surface area contributed by atoms with Crippen molar-refractivity contribution in [3.8, 4) is 34.1 Å². The Morgan fingerprint density at radius 2 is 1.40 bits per heavy atom. The lowest BCUT2D eigenvalue weighted by Gasteiger charge is -2.12. The van der Waals surface area contributed by atoms with Crippen molar-refractivity contribution in [1.82, 2.24) is 19.3 Å². The maximum Gasteiger partial charge on any atom is 0.137 e. The molecule has 7 aromatic rings. The standard InChI is InChI=1S/C38H34N4O/c1-23-16-17-39-37(18-23)41-35-13-8-7-12-33(35)34-15-14-32(22-36(34)41)43-31-11-9-10-30(21-31)42-28(6)38(27(5)40-42)29-19-24(2)26(4)25(3)20-29/h7-22H,1-6H3. The average molecular weight is 563 g/mol. The molecule has 3 heterocycles. The van der Waals surface area contributed by atoms with E-state index >= 15 is 0 Å². The minimum absolute atomic E-state index is 0.754. The van der Waals surface area contributed by atoms with Crippen LogP contribution in [-0.4, -0.2) is 19.3 Å². The topological polar surface area (TPSA) is 44.9 Å². The maximum absolute atomic E-state index is 6.49. The van der Waals surface area contributed by atoms with E-state index in [2.05, 4.69) is 113 Å². The van der Waals surface area contributed by atoms with Crippen LogP contribution in [0, 0.1) is 41.5 Å². The molecule has 0 bridgehead atoms. The maximum atomic E-state index is 6.49. The smallest absolute Gasteiger partial charge is 0.137 e. The van der Waals surface area contributed by atoms with Crippen molar-refractivity contribution >= 4 is 21.8 Å². The van der Waals surface area contributed by atoms with Gasteiger partial charge in [-0.15, -0.1) is 0 Å². The monoisotopic (exact) mass is 562 g/mol. The number of fused-ring (bicyclic) bond motifs is 3. The van der Waals surface area contributed by atoms with Crippen LogP contribution < -0.4 is 4.74 Å². The second kappa shape index (κ2) is 10.3. The van der Waals surface area contributed by atoms with Gasteiger partial charge in [0, 0.05) is 40.4 Å². The SMILES string of the molecule is Cc1ccnc(-n2c3ccccc3c3ccc(Oc4cccc(-n5nc(C)c(-c6cc(C)c(C)c(C)c6)c5C)c4)cc32)c1. The number of aromatic nitrogens is 4. The molecular weight excluding hydrogens is 528 g/mol. The lowest BCUT2D eigenvalue weighted by molar-refractivity contribution is 0.483. The van der Waals surface area contributed by atoms with Gasteiger partial charge in [-0.1, -0.05) is 36.4 Å². The Labute approximate surface area is 252 Å². The highest BCUT2D eigenvalue weighted by atomic mass is 16.5. The van der Waals surface area contributed by atoms with Gasteiger partial charge in [0.1, 0.15) is 17.3 Å². The van der Waals surface area contributed by atoms with Gasteiger partial charge in [0.25, 0.3) is 0 Å². The molecule has 0 aliphatic rings. The van der Waals surface area contributed by atoms with Gasteiger partial charge in [-0.3, -0.25) is 4.57 Å². The molecule has 0 saturated carbocycles. The number of benzene rings is 4. The summed E-state index contributed by atoms with van der Waals surface area (Å²) in [5.74, 6) is 2.41. The molecule has 0 N–H and O–H groups in total. The summed E-state index contributed by atoms with van der Waals surface area (Å²) in [5, 5.41) is 7.31. The fraction of sp³-hybridized carbons (Fsp3) is 0.158. The fourth-order valence-corrected chi connectivity index (χ4v) is 6.21. The normalized spacial score (nSPS) is 11.5. The van der Waals surface area contributed by atoms with Crippen LogP contribution in [0.5, 0.6) is 11.5 Å². The predicted octanol–water partition coefficient (Wildman–Crippen LogP) is 9.67. The van der Waals surface area contributed by atoms with Gasteiger partial charge in [0.2, 0.25) is 0 Å². The van der Waals surface area contributed by atoms with Gasteiger partial charge in [-0.05, 0) is 112 Å². The molecule has 0 saturated heterocycles. The summed E-state index contributed by atoms with van der Waals surface area (Å²) >= 11 is 0. The average Bonchev–Trinajstić information content (AvgIpc) is 3.48. The van der Waals surface area contributed by atoms with E-state index in [0.29, 0.717) is 0 Å². The van der Waals surface area contributed by atoms with E-state index < -0.39 is 0 Å². The molecule has 0 atom stereocenters. The molecule has 212 valence electrons. The summed E-state index contributed by atoms with van der Waals surface area (Å²) in [5.41, 5.74) is 12.7. The second-order valence-corrected chi connectivity index (χ2v) is 11.5. The van der Waals surface area contributed by atoms with Crippen molar-refractivity contribution in [2.24, 2.45) is 0 Å². The number of ether oxygens (including phenoxy) is 1. The summed E-state index contributed by atoms with van der Waals surface area (Å²) < 4.78 is 10.7. The van der Waals surface area contributed by atoms with Gasteiger partial charge in [-0.25, -0.2) is 9.67 Å². The Bertz CT molecular complexity index is 2160. The molecule has 0 aliphatic heterocycles. The molecule has 0 fully saturated rings. The first-order valence-electron chi connectivity index (χ1n) is 14.7. The summed E-state index contributed by atoms with van der Waals surface area (Å²) in [4.78, 5) is 4.71. The van der Waals surface area contributed by atoms with Gasteiger partial charge >= 0.3 is 0 Å². The lowest BCUT2D eigenvalue weighted by Crippen LogP contribution is -2.00. The predicted molar refractivity (Wildman–Crippen MR) is 176 cm³/mol. The summed E-state index contributed by atoms with van der Waals surface area (Å²) in [6.45, 7) is 12.8. The van der Waals surface area contributed by atoms with E-state index in [1.165, 1.54) is 38.8 Å². The Balaban J connectivity index is 1.28. The zero-order chi connectivity index (χ0) is 29.8. The van der Waals surface area contributed by atoms with E-state index in [0.717, 1.165) is 50.8 Å². The first-order valence-corrected chi connectivity index (χ1v) is 14.7. The van der Waals surface area contributed by atoms with Gasteiger partial charge < -0.3 is 4.74 Å². The number of para-hydroxylation sites is 1. The lowest BCUT2D eigenvalue weighted by atomic mass is 9.95. The van der Waals surface area contributed by atoms with Crippen LogP contribution in [0.1, 0.15) is 33.6 Å². The van der Waals surface area contributed by atoms with E-state index in [9.17, 15) is 0 Å². The number of hydrogen-bond donors (Lipinski definition) is 0. The summed E-state index contributed by atoms with van der Waals surface area (Å²) in [6.07, 6.45) is 1.86. The minimum atomic E-state index is 0.754. The Hall–Kier alpha value is -5.16. The molecule has 0 spiro atoms. The van der Waals surface area contributed by atoms with Crippen molar-refractivity contribution < 1.29 is 4.74 Å². The van der Waals surface area contributed by atoms with Crippen molar-refractivity contribution in [3.63, 3.8) is 0 Å². The molecular formula is C38H34N4O. The van der Waals surface area contributed by atoms with Crippen LogP contribution in [0.25, 0.3) is 44.4 Å². The van der Waals surface area contributed by atoms with Crippen LogP contribution in [0.2, 0.25) is 0 Å². The second-order valence-electron chi connectivity index (χ2n) is 11.5. The zero-order valence-electron chi connectivity index (χ0n) is 25.4. The van der Waals surface area contributed by atoms with E-state index in [1.807, 2.05) is 35.1 Å². The third-order valence-electron chi connectivity index (χ3n) is 8.58. The van der Waals surface area contributed by atoms with Crippen LogP contribution >= 0.6 is 0 Å². The van der Waals surface area contributed by atoms with Crippen LogP contribution in [0.15, 0.2) is 97.2 Å². The van der Waals surface area contributed by atoms with Crippen molar-refractivity contribution in [3.05, 3.63) is 131 Å². The van der Waals surface area contributed by atoms with Gasteiger partial charge in [0.05, 0.1) is 22.4 Å². The highest BCUT2D eigenvalue weighted by Crippen LogP contribution is 2.36. The highest BCUT2D eigenvalue weighted by molar-refractivity contribution is 6.09. The van der Waals surface area contributed by atoms with Gasteiger partial charge in [-0.2, -0.15) is 5.10 Å². The molecule has 5 heteroatoms. The molecule has 0 aliphatic carbocycles. The largest absolute Gasteiger partial charge is 0.457 e. The van der Waals surface area contributed by atoms with Crippen LogP contribution in [0.3, 0.4) is 0 Å². The van der Waals surface area contributed by atoms with Gasteiger partial charge in [0.15, 0.2) is 0 Å². The number of rotatable bonds is 5. The minimum Gasteiger partial charge on any atom is -0.457 e. The van der Waals surface area contributed by atoms with Crippen molar-refractivity contribution in [1.29, 1.82) is 0 Å². The fourth-order valence-electron chi connectivity index (χ4n) is 6.21. The zero-order valence-corrected chi connectivity index (χ0v) is 25.4. The van der Waals surface area contributed by atoms with E-state index in [1.54, 1.807) is 0 Å². The van der Waals surface area contributed by atoms with Crippen LogP contribution in [-0.2, 0) is 0 Å². The third kappa shape index (κ3) is 4.58. The van der Waals surface area contributed by atoms with E-state index in [-0.39, 0.29) is 0 Å². The number of nitrogens with zero attached hydrogens (tertiary/aromatic N) is 4. The highest BCUT2D eigenvalue weighted by Gasteiger charge is 2.17. The first-order chi connectivity index (χ1) is 20.8. The molecule has 0 unspecified atom stereocenters. The third-order valence-corrected chi connectivity index (χ3v) is 8.58. The van der Waals surface area contributed by atoms with Crippen LogP contribution in [0.4, 0.5) is 0 Å². The van der Waals surface area contributed by atoms with Crippen molar-refractivity contribution in [2.45, 2.75) is 41.5 Å². The molecule has 5 nitrogen and oxygen atoms in total. The molecule has 4 aromatic carbocycles. The molecule has 0 amide bonds. The number of pyridine rings is 1. The summed E-state index contributed by atoms with van der Waals surface area (Å²) in [7, 11) is 0.